The van der Waals surface area contributed by atoms with Gasteiger partial charge >= 0.3 is 0 Å². The van der Waals surface area contributed by atoms with Crippen LogP contribution in [0.25, 0.3) is 5.69 Å². The predicted octanol–water partition coefficient (Wildman–Crippen LogP) is 3.29. The van der Waals surface area contributed by atoms with Gasteiger partial charge in [0, 0.05) is 0 Å². The van der Waals surface area contributed by atoms with E-state index in [2.05, 4.69) is 20.8 Å². The van der Waals surface area contributed by atoms with Gasteiger partial charge in [0.1, 0.15) is 17.3 Å². The summed E-state index contributed by atoms with van der Waals surface area (Å²) in [5.41, 5.74) is 2.53. The van der Waals surface area contributed by atoms with Gasteiger partial charge < -0.3 is 5.32 Å². The predicted molar refractivity (Wildman–Crippen MR) is 94.3 cm³/mol. The molecular weight excluding hydrogens is 360 g/mol. The highest BCUT2D eigenvalue weighted by molar-refractivity contribution is 7.99. The van der Waals surface area contributed by atoms with Crippen molar-refractivity contribution in [3.05, 3.63) is 59.2 Å². The number of rotatable bonds is 5. The quantitative estimate of drug-likeness (QED) is 0.693. The number of tetrazole rings is 1. The Labute approximate surface area is 152 Å². The van der Waals surface area contributed by atoms with Crippen LogP contribution in [0, 0.1) is 25.5 Å². The molecule has 0 fully saturated rings. The lowest BCUT2D eigenvalue weighted by Gasteiger charge is -2.08. The summed E-state index contributed by atoms with van der Waals surface area (Å²) >= 11 is 1.07. The normalized spacial score (nSPS) is 10.8. The molecule has 2 aromatic carbocycles. The first-order chi connectivity index (χ1) is 12.5. The molecule has 1 amide bonds. The van der Waals surface area contributed by atoms with Gasteiger partial charge in [-0.1, -0.05) is 23.9 Å². The van der Waals surface area contributed by atoms with Gasteiger partial charge in [0.15, 0.2) is 0 Å². The van der Waals surface area contributed by atoms with E-state index in [1.165, 1.54) is 10.7 Å². The Morgan fingerprint density at radius 3 is 2.58 bits per heavy atom. The number of halogens is 2. The molecule has 9 heteroatoms. The fourth-order valence-corrected chi connectivity index (χ4v) is 2.90. The summed E-state index contributed by atoms with van der Waals surface area (Å²) in [7, 11) is 0. The molecule has 6 nitrogen and oxygen atoms in total. The molecule has 0 saturated carbocycles. The number of amides is 1. The molecule has 0 radical (unpaired) electrons. The summed E-state index contributed by atoms with van der Waals surface area (Å²) < 4.78 is 28.7. The maximum atomic E-state index is 13.6. The van der Waals surface area contributed by atoms with Gasteiger partial charge in [-0.3, -0.25) is 4.79 Å². The molecule has 3 rings (SSSR count). The van der Waals surface area contributed by atoms with E-state index in [0.717, 1.165) is 40.7 Å². The smallest absolute Gasteiger partial charge is 0.235 e. The van der Waals surface area contributed by atoms with Crippen molar-refractivity contribution in [3.63, 3.8) is 0 Å². The van der Waals surface area contributed by atoms with Gasteiger partial charge in [-0.25, -0.2) is 8.78 Å². The minimum absolute atomic E-state index is 0.0982. The highest BCUT2D eigenvalue weighted by atomic mass is 32.2. The lowest BCUT2D eigenvalue weighted by atomic mass is 10.1. The van der Waals surface area contributed by atoms with Crippen LogP contribution < -0.4 is 5.32 Å². The Kier molecular flexibility index (Phi) is 5.27. The van der Waals surface area contributed by atoms with Crippen LogP contribution in [0.1, 0.15) is 11.1 Å². The van der Waals surface area contributed by atoms with Crippen molar-refractivity contribution < 1.29 is 13.6 Å². The van der Waals surface area contributed by atoms with E-state index in [-0.39, 0.29) is 5.75 Å². The van der Waals surface area contributed by atoms with E-state index in [1.807, 2.05) is 32.0 Å². The standard InChI is InChI=1S/C17H15F2N5OS/c1-10-6-7-12(8-11(10)2)24-17(21-22-23-24)26-9-15(25)20-16-13(18)4-3-5-14(16)19/h3-8H,9H2,1-2H3,(H,20,25). The molecule has 134 valence electrons. The molecule has 1 heterocycles. The number of carbonyl (C=O) groups is 1. The molecule has 0 bridgehead atoms. The van der Waals surface area contributed by atoms with E-state index in [4.69, 9.17) is 0 Å². The highest BCUT2D eigenvalue weighted by Gasteiger charge is 2.15. The van der Waals surface area contributed by atoms with Crippen molar-refractivity contribution in [2.45, 2.75) is 19.0 Å². The molecule has 26 heavy (non-hydrogen) atoms. The van der Waals surface area contributed by atoms with Gasteiger partial charge in [0.25, 0.3) is 0 Å². The molecule has 0 atom stereocenters. The van der Waals surface area contributed by atoms with Crippen LogP contribution in [0.2, 0.25) is 0 Å². The van der Waals surface area contributed by atoms with Crippen molar-refractivity contribution in [1.29, 1.82) is 0 Å². The third-order valence-electron chi connectivity index (χ3n) is 3.74. The summed E-state index contributed by atoms with van der Waals surface area (Å²) in [5, 5.41) is 14.1. The van der Waals surface area contributed by atoms with E-state index < -0.39 is 23.2 Å². The lowest BCUT2D eigenvalue weighted by Crippen LogP contribution is -2.16. The first-order valence-electron chi connectivity index (χ1n) is 7.68. The number of nitrogens with zero attached hydrogens (tertiary/aromatic N) is 4. The number of hydrogen-bond donors (Lipinski definition) is 1. The second-order valence-corrected chi connectivity index (χ2v) is 6.52. The molecule has 0 aliphatic rings. The molecule has 0 unspecified atom stereocenters. The molecular formula is C17H15F2N5OS. The average molecular weight is 375 g/mol. The van der Waals surface area contributed by atoms with Gasteiger partial charge in [-0.2, -0.15) is 4.68 Å². The number of aromatic nitrogens is 4. The second-order valence-electron chi connectivity index (χ2n) is 5.58. The van der Waals surface area contributed by atoms with Crippen LogP contribution in [0.4, 0.5) is 14.5 Å². The summed E-state index contributed by atoms with van der Waals surface area (Å²) in [6, 6.07) is 9.14. The van der Waals surface area contributed by atoms with Gasteiger partial charge in [-0.05, 0) is 59.7 Å². The molecule has 0 saturated heterocycles. The Bertz CT molecular complexity index is 940. The van der Waals surface area contributed by atoms with Gasteiger partial charge in [-0.15, -0.1) is 5.10 Å². The molecule has 0 aliphatic carbocycles. The second kappa shape index (κ2) is 7.61. The largest absolute Gasteiger partial charge is 0.320 e. The van der Waals surface area contributed by atoms with Gasteiger partial charge in [0.2, 0.25) is 11.1 Å². The third-order valence-corrected chi connectivity index (χ3v) is 4.65. The number of nitrogens with one attached hydrogen (secondary N) is 1. The molecule has 1 aromatic heterocycles. The SMILES string of the molecule is Cc1ccc(-n2nnnc2SCC(=O)Nc2c(F)cccc2F)cc1C. The lowest BCUT2D eigenvalue weighted by molar-refractivity contribution is -0.113. The van der Waals surface area contributed by atoms with Crippen LogP contribution in [0.3, 0.4) is 0 Å². The molecule has 0 spiro atoms. The molecule has 0 aliphatic heterocycles. The van der Waals surface area contributed by atoms with Crippen LogP contribution in [-0.4, -0.2) is 31.9 Å². The van der Waals surface area contributed by atoms with Crippen molar-refractivity contribution in [2.24, 2.45) is 0 Å². The number of aryl methyl sites for hydroxylation is 2. The first-order valence-corrected chi connectivity index (χ1v) is 8.67. The van der Waals surface area contributed by atoms with Crippen molar-refractivity contribution in [1.82, 2.24) is 20.2 Å². The fraction of sp³-hybridized carbons (Fsp3) is 0.176. The number of para-hydroxylation sites is 1. The Balaban J connectivity index is 1.70. The average Bonchev–Trinajstić information content (AvgIpc) is 3.07. The third kappa shape index (κ3) is 3.88. The zero-order chi connectivity index (χ0) is 18.7. The summed E-state index contributed by atoms with van der Waals surface area (Å²) in [4.78, 5) is 12.0. The Morgan fingerprint density at radius 1 is 1.15 bits per heavy atom. The summed E-state index contributed by atoms with van der Waals surface area (Å²) in [6.45, 7) is 3.98. The fourth-order valence-electron chi connectivity index (χ4n) is 2.21. The van der Waals surface area contributed by atoms with Crippen LogP contribution in [0.15, 0.2) is 41.6 Å². The number of anilines is 1. The van der Waals surface area contributed by atoms with E-state index >= 15 is 0 Å². The maximum absolute atomic E-state index is 13.6. The Morgan fingerprint density at radius 2 is 1.88 bits per heavy atom. The van der Waals surface area contributed by atoms with Gasteiger partial charge in [0.05, 0.1) is 11.4 Å². The number of hydrogen-bond acceptors (Lipinski definition) is 5. The van der Waals surface area contributed by atoms with E-state index in [0.29, 0.717) is 5.16 Å². The maximum Gasteiger partial charge on any atom is 0.235 e. The summed E-state index contributed by atoms with van der Waals surface area (Å²) in [6.07, 6.45) is 0. The first kappa shape index (κ1) is 18.0. The van der Waals surface area contributed by atoms with E-state index in [1.54, 1.807) is 0 Å². The van der Waals surface area contributed by atoms with Crippen molar-refractivity contribution >= 4 is 23.4 Å². The van der Waals surface area contributed by atoms with Crippen LogP contribution in [-0.2, 0) is 4.79 Å². The Hall–Kier alpha value is -2.81. The highest BCUT2D eigenvalue weighted by Crippen LogP contribution is 2.22. The van der Waals surface area contributed by atoms with Crippen molar-refractivity contribution in [3.8, 4) is 5.69 Å². The van der Waals surface area contributed by atoms with Crippen molar-refractivity contribution in [2.75, 3.05) is 11.1 Å². The zero-order valence-corrected chi connectivity index (χ0v) is 14.8. The zero-order valence-electron chi connectivity index (χ0n) is 14.0. The number of carbonyl (C=O) groups excluding carboxylic acids is 1. The molecule has 1 N–H and O–H groups in total. The number of thioether (sulfide) groups is 1. The minimum Gasteiger partial charge on any atom is -0.320 e. The number of benzene rings is 2. The molecule has 3 aromatic rings. The minimum atomic E-state index is -0.830. The van der Waals surface area contributed by atoms with Crippen LogP contribution in [0.5, 0.6) is 0 Å². The monoisotopic (exact) mass is 375 g/mol. The van der Waals surface area contributed by atoms with Crippen LogP contribution >= 0.6 is 11.8 Å². The summed E-state index contributed by atoms with van der Waals surface area (Å²) in [5.74, 6) is -2.32. The van der Waals surface area contributed by atoms with E-state index in [9.17, 15) is 13.6 Å². The topological polar surface area (TPSA) is 72.7 Å².